The van der Waals surface area contributed by atoms with Crippen molar-refractivity contribution < 1.29 is 9.72 Å². The number of hydrogen-bond acceptors (Lipinski definition) is 5. The summed E-state index contributed by atoms with van der Waals surface area (Å²) in [5.74, 6) is 0.652. The van der Waals surface area contributed by atoms with E-state index in [4.69, 9.17) is 0 Å². The molecule has 1 aromatic rings. The van der Waals surface area contributed by atoms with Gasteiger partial charge < -0.3 is 10.6 Å². The molecule has 144 valence electrons. The van der Waals surface area contributed by atoms with Crippen molar-refractivity contribution in [2.24, 2.45) is 5.92 Å². The molecule has 1 atom stereocenters. The van der Waals surface area contributed by atoms with E-state index in [1.807, 2.05) is 0 Å². The van der Waals surface area contributed by atoms with Gasteiger partial charge in [-0.25, -0.2) is 0 Å². The Labute approximate surface area is 155 Å². The lowest BCUT2D eigenvalue weighted by atomic mass is 9.93. The topological polar surface area (TPSA) is 87.5 Å². The first-order valence-electron chi connectivity index (χ1n) is 9.28. The van der Waals surface area contributed by atoms with Gasteiger partial charge in [-0.1, -0.05) is 19.1 Å². The minimum absolute atomic E-state index is 0.0215. The molecule has 7 heteroatoms. The number of hydrogen-bond donors (Lipinski definition) is 2. The van der Waals surface area contributed by atoms with E-state index in [1.54, 1.807) is 18.2 Å². The van der Waals surface area contributed by atoms with Crippen molar-refractivity contribution in [2.75, 3.05) is 31.5 Å². The fourth-order valence-electron chi connectivity index (χ4n) is 3.35. The Bertz CT molecular complexity index is 633. The quantitative estimate of drug-likeness (QED) is 0.548. The molecule has 2 rings (SSSR count). The molecule has 0 bridgehead atoms. The first kappa shape index (κ1) is 20.2. The summed E-state index contributed by atoms with van der Waals surface area (Å²) in [5, 5.41) is 17.0. The molecule has 1 aliphatic heterocycles. The highest BCUT2D eigenvalue weighted by Crippen LogP contribution is 2.24. The summed E-state index contributed by atoms with van der Waals surface area (Å²) in [5.41, 5.74) is 0.386. The number of amides is 1. The van der Waals surface area contributed by atoms with Crippen molar-refractivity contribution in [3.05, 3.63) is 34.4 Å². The van der Waals surface area contributed by atoms with E-state index in [-0.39, 0.29) is 23.6 Å². The molecule has 7 nitrogen and oxygen atoms in total. The van der Waals surface area contributed by atoms with Crippen LogP contribution in [0, 0.1) is 16.0 Å². The molecule has 1 unspecified atom stereocenters. The Hall–Kier alpha value is -2.15. The summed E-state index contributed by atoms with van der Waals surface area (Å²) in [6, 6.07) is 6.46. The van der Waals surface area contributed by atoms with E-state index in [9.17, 15) is 14.9 Å². The van der Waals surface area contributed by atoms with E-state index in [2.05, 4.69) is 36.3 Å². The Morgan fingerprint density at radius 1 is 1.38 bits per heavy atom. The van der Waals surface area contributed by atoms with E-state index in [0.29, 0.717) is 24.7 Å². The number of nitrogens with zero attached hydrogens (tertiary/aromatic N) is 2. The normalized spacial score (nSPS) is 18.3. The van der Waals surface area contributed by atoms with Gasteiger partial charge in [-0.15, -0.1) is 0 Å². The molecule has 0 saturated carbocycles. The van der Waals surface area contributed by atoms with Crippen LogP contribution in [-0.4, -0.2) is 47.4 Å². The fourth-order valence-corrected chi connectivity index (χ4v) is 3.35. The lowest BCUT2D eigenvalue weighted by Crippen LogP contribution is -2.54. The molecule has 1 aromatic carbocycles. The molecule has 2 N–H and O–H groups in total. The summed E-state index contributed by atoms with van der Waals surface area (Å²) in [4.78, 5) is 25.2. The smallest absolute Gasteiger partial charge is 0.292 e. The van der Waals surface area contributed by atoms with Gasteiger partial charge in [0.2, 0.25) is 5.91 Å². The van der Waals surface area contributed by atoms with Crippen LogP contribution in [0.15, 0.2) is 24.3 Å². The number of carbonyl (C=O) groups excluding carboxylic acids is 1. The maximum atomic E-state index is 12.1. The van der Waals surface area contributed by atoms with Gasteiger partial charge >= 0.3 is 0 Å². The van der Waals surface area contributed by atoms with E-state index < -0.39 is 4.92 Å². The van der Waals surface area contributed by atoms with Gasteiger partial charge in [-0.3, -0.25) is 19.8 Å². The average molecular weight is 362 g/mol. The summed E-state index contributed by atoms with van der Waals surface area (Å²) in [6.07, 6.45) is 2.76. The Kier molecular flexibility index (Phi) is 6.97. The standard InChI is InChI=1S/C19H30N4O3/c1-15-7-6-12-22(13-15)19(2,3)14-21-18(24)10-11-20-16-8-4-5-9-17(16)23(25)26/h4-5,8-9,15,20H,6-7,10-14H2,1-3H3,(H,21,24). The minimum Gasteiger partial charge on any atom is -0.379 e. The van der Waals surface area contributed by atoms with Crippen molar-refractivity contribution in [2.45, 2.75) is 45.6 Å². The van der Waals surface area contributed by atoms with Gasteiger partial charge in [0.15, 0.2) is 0 Å². The zero-order valence-corrected chi connectivity index (χ0v) is 16.0. The number of rotatable bonds is 8. The third-order valence-corrected chi connectivity index (χ3v) is 5.00. The monoisotopic (exact) mass is 362 g/mol. The van der Waals surface area contributed by atoms with Crippen LogP contribution in [0.1, 0.15) is 40.0 Å². The number of anilines is 1. The van der Waals surface area contributed by atoms with Crippen LogP contribution in [0.3, 0.4) is 0 Å². The molecule has 0 aliphatic carbocycles. The first-order chi connectivity index (χ1) is 12.3. The maximum Gasteiger partial charge on any atom is 0.292 e. The zero-order valence-electron chi connectivity index (χ0n) is 16.0. The van der Waals surface area contributed by atoms with Gasteiger partial charge in [0, 0.05) is 37.7 Å². The molecule has 1 fully saturated rings. The van der Waals surface area contributed by atoms with Crippen LogP contribution < -0.4 is 10.6 Å². The molecule has 1 heterocycles. The van der Waals surface area contributed by atoms with Crippen molar-refractivity contribution in [1.82, 2.24) is 10.2 Å². The number of likely N-dealkylation sites (tertiary alicyclic amines) is 1. The number of nitro benzene ring substituents is 1. The predicted molar refractivity (Wildman–Crippen MR) is 103 cm³/mol. The summed E-state index contributed by atoms with van der Waals surface area (Å²) in [6.45, 7) is 9.71. The highest BCUT2D eigenvalue weighted by molar-refractivity contribution is 5.76. The maximum absolute atomic E-state index is 12.1. The first-order valence-corrected chi connectivity index (χ1v) is 9.28. The molecule has 1 amide bonds. The Morgan fingerprint density at radius 2 is 2.12 bits per heavy atom. The van der Waals surface area contributed by atoms with Crippen LogP contribution in [0.4, 0.5) is 11.4 Å². The molecular formula is C19H30N4O3. The summed E-state index contributed by atoms with van der Waals surface area (Å²) >= 11 is 0. The molecular weight excluding hydrogens is 332 g/mol. The van der Waals surface area contributed by atoms with E-state index in [1.165, 1.54) is 18.9 Å². The predicted octanol–water partition coefficient (Wildman–Crippen LogP) is 3.02. The number of nitrogens with one attached hydrogen (secondary N) is 2. The SMILES string of the molecule is CC1CCCN(C(C)(C)CNC(=O)CCNc2ccccc2[N+](=O)[O-])C1. The lowest BCUT2D eigenvalue weighted by Gasteiger charge is -2.43. The van der Waals surface area contributed by atoms with Crippen LogP contribution in [0.2, 0.25) is 0 Å². The fraction of sp³-hybridized carbons (Fsp3) is 0.632. The number of para-hydroxylation sites is 2. The number of benzene rings is 1. The average Bonchev–Trinajstić information content (AvgIpc) is 2.60. The van der Waals surface area contributed by atoms with Crippen LogP contribution >= 0.6 is 0 Å². The number of piperidine rings is 1. The second-order valence-electron chi connectivity index (χ2n) is 7.73. The molecule has 1 aliphatic rings. The number of nitro groups is 1. The molecule has 1 saturated heterocycles. The van der Waals surface area contributed by atoms with Gasteiger partial charge in [-0.05, 0) is 45.2 Å². The van der Waals surface area contributed by atoms with Crippen LogP contribution in [0.5, 0.6) is 0 Å². The molecule has 0 spiro atoms. The van der Waals surface area contributed by atoms with Crippen LogP contribution in [0.25, 0.3) is 0 Å². The van der Waals surface area contributed by atoms with Gasteiger partial charge in [0.1, 0.15) is 5.69 Å². The van der Waals surface area contributed by atoms with E-state index >= 15 is 0 Å². The van der Waals surface area contributed by atoms with E-state index in [0.717, 1.165) is 13.1 Å². The molecule has 0 radical (unpaired) electrons. The van der Waals surface area contributed by atoms with Crippen molar-refractivity contribution >= 4 is 17.3 Å². The third kappa shape index (κ3) is 5.69. The lowest BCUT2D eigenvalue weighted by molar-refractivity contribution is -0.384. The minimum atomic E-state index is -0.426. The highest BCUT2D eigenvalue weighted by Gasteiger charge is 2.30. The third-order valence-electron chi connectivity index (χ3n) is 5.00. The Balaban J connectivity index is 1.76. The highest BCUT2D eigenvalue weighted by atomic mass is 16.6. The Morgan fingerprint density at radius 3 is 2.81 bits per heavy atom. The molecule has 0 aromatic heterocycles. The van der Waals surface area contributed by atoms with Crippen LogP contribution in [-0.2, 0) is 4.79 Å². The second-order valence-corrected chi connectivity index (χ2v) is 7.73. The largest absolute Gasteiger partial charge is 0.379 e. The summed E-state index contributed by atoms with van der Waals surface area (Å²) in [7, 11) is 0. The number of carbonyl (C=O) groups is 1. The van der Waals surface area contributed by atoms with Crippen molar-refractivity contribution in [3.63, 3.8) is 0 Å². The van der Waals surface area contributed by atoms with Gasteiger partial charge in [0.25, 0.3) is 5.69 Å². The van der Waals surface area contributed by atoms with Gasteiger partial charge in [-0.2, -0.15) is 0 Å². The zero-order chi connectivity index (χ0) is 19.2. The van der Waals surface area contributed by atoms with Crippen molar-refractivity contribution in [3.8, 4) is 0 Å². The van der Waals surface area contributed by atoms with Crippen molar-refractivity contribution in [1.29, 1.82) is 0 Å². The second kappa shape index (κ2) is 8.98. The summed E-state index contributed by atoms with van der Waals surface area (Å²) < 4.78 is 0. The van der Waals surface area contributed by atoms with Gasteiger partial charge in [0.05, 0.1) is 4.92 Å². The molecule has 26 heavy (non-hydrogen) atoms.